The van der Waals surface area contributed by atoms with Crippen LogP contribution in [0.2, 0.25) is 0 Å². The van der Waals surface area contributed by atoms with Gasteiger partial charge in [-0.2, -0.15) is 0 Å². The molecule has 2 heterocycles. The quantitative estimate of drug-likeness (QED) is 0.827. The van der Waals surface area contributed by atoms with Crippen LogP contribution in [0.5, 0.6) is 0 Å². The second-order valence-electron chi connectivity index (χ2n) is 6.51. The van der Waals surface area contributed by atoms with E-state index in [9.17, 15) is 18.0 Å². The van der Waals surface area contributed by atoms with Crippen molar-refractivity contribution >= 4 is 26.8 Å². The Balaban J connectivity index is 1.62. The monoisotopic (exact) mass is 377 g/mol. The van der Waals surface area contributed by atoms with Crippen molar-refractivity contribution in [2.24, 2.45) is 0 Å². The lowest BCUT2D eigenvalue weighted by molar-refractivity contribution is -0.130. The second-order valence-corrected chi connectivity index (χ2v) is 8.28. The number of hydrogen-bond donors (Lipinski definition) is 2. The number of amides is 1. The summed E-state index contributed by atoms with van der Waals surface area (Å²) in [4.78, 5) is 28.1. The molecule has 2 aromatic rings. The molecule has 8 heteroatoms. The Hall–Kier alpha value is -2.19. The van der Waals surface area contributed by atoms with E-state index in [-0.39, 0.29) is 29.3 Å². The summed E-state index contributed by atoms with van der Waals surface area (Å²) in [5.41, 5.74) is 0.339. The first-order valence-corrected chi connectivity index (χ1v) is 10.3. The summed E-state index contributed by atoms with van der Waals surface area (Å²) in [6.07, 6.45) is 4.46. The van der Waals surface area contributed by atoms with Crippen LogP contribution in [0.3, 0.4) is 0 Å². The summed E-state index contributed by atoms with van der Waals surface area (Å²) in [6, 6.07) is 7.44. The Morgan fingerprint density at radius 1 is 1.08 bits per heavy atom. The molecular formula is C18H23N3O4S. The van der Waals surface area contributed by atoms with Gasteiger partial charge in [-0.15, -0.1) is 0 Å². The minimum Gasteiger partial charge on any atom is -0.343 e. The highest BCUT2D eigenvalue weighted by molar-refractivity contribution is 7.89. The van der Waals surface area contributed by atoms with Gasteiger partial charge in [-0.25, -0.2) is 13.1 Å². The van der Waals surface area contributed by atoms with Gasteiger partial charge in [0.1, 0.15) is 0 Å². The van der Waals surface area contributed by atoms with Gasteiger partial charge in [-0.3, -0.25) is 9.59 Å². The van der Waals surface area contributed by atoms with Crippen molar-refractivity contribution in [2.75, 3.05) is 19.6 Å². The average Bonchev–Trinajstić information content (AvgIpc) is 2.90. The Bertz CT molecular complexity index is 944. The number of aromatic nitrogens is 1. The van der Waals surface area contributed by atoms with Gasteiger partial charge in [-0.1, -0.05) is 12.8 Å². The van der Waals surface area contributed by atoms with Crippen molar-refractivity contribution in [3.05, 3.63) is 40.7 Å². The topological polar surface area (TPSA) is 99.3 Å². The van der Waals surface area contributed by atoms with E-state index in [1.807, 2.05) is 4.90 Å². The van der Waals surface area contributed by atoms with E-state index in [4.69, 9.17) is 0 Å². The van der Waals surface area contributed by atoms with Gasteiger partial charge in [0, 0.05) is 37.6 Å². The third-order valence-electron chi connectivity index (χ3n) is 4.60. The fourth-order valence-corrected chi connectivity index (χ4v) is 4.22. The van der Waals surface area contributed by atoms with E-state index in [1.165, 1.54) is 18.2 Å². The number of fused-ring (bicyclic) bond motifs is 1. The lowest BCUT2D eigenvalue weighted by atomic mass is 10.2. The number of carbonyl (C=O) groups excluding carboxylic acids is 1. The number of nitrogens with one attached hydrogen (secondary N) is 2. The van der Waals surface area contributed by atoms with E-state index in [1.54, 1.807) is 12.1 Å². The third kappa shape index (κ3) is 4.50. The van der Waals surface area contributed by atoms with Crippen molar-refractivity contribution in [3.8, 4) is 0 Å². The predicted octanol–water partition coefficient (Wildman–Crippen LogP) is 1.60. The van der Waals surface area contributed by atoms with Crippen molar-refractivity contribution in [3.63, 3.8) is 0 Å². The normalized spacial score (nSPS) is 15.8. The number of likely N-dealkylation sites (tertiary alicyclic amines) is 1. The molecule has 0 unspecified atom stereocenters. The van der Waals surface area contributed by atoms with Crippen molar-refractivity contribution in [1.82, 2.24) is 14.6 Å². The van der Waals surface area contributed by atoms with Crippen LogP contribution in [-0.2, 0) is 14.8 Å². The molecule has 0 spiro atoms. The van der Waals surface area contributed by atoms with Crippen LogP contribution < -0.4 is 10.3 Å². The molecule has 1 aliphatic heterocycles. The van der Waals surface area contributed by atoms with E-state index >= 15 is 0 Å². The minimum absolute atomic E-state index is 0.00862. The summed E-state index contributed by atoms with van der Waals surface area (Å²) in [6.45, 7) is 1.59. The summed E-state index contributed by atoms with van der Waals surface area (Å²) in [5, 5.41) is 0.633. The largest absolute Gasteiger partial charge is 0.343 e. The maximum Gasteiger partial charge on any atom is 0.248 e. The molecule has 1 aliphatic rings. The number of sulfonamides is 1. The third-order valence-corrected chi connectivity index (χ3v) is 6.05. The molecule has 0 atom stereocenters. The number of H-pyrrole nitrogens is 1. The molecule has 26 heavy (non-hydrogen) atoms. The number of hydrogen-bond acceptors (Lipinski definition) is 4. The summed E-state index contributed by atoms with van der Waals surface area (Å²) in [7, 11) is -3.71. The Labute approximate surface area is 152 Å². The maximum atomic E-state index is 12.4. The van der Waals surface area contributed by atoms with Crippen LogP contribution >= 0.6 is 0 Å². The molecule has 0 bridgehead atoms. The molecule has 0 aliphatic carbocycles. The summed E-state index contributed by atoms with van der Waals surface area (Å²) >= 11 is 0. The summed E-state index contributed by atoms with van der Waals surface area (Å²) in [5.74, 6) is -0.00862. The fourth-order valence-electron chi connectivity index (χ4n) is 3.15. The number of pyridine rings is 1. The molecule has 1 saturated heterocycles. The standard InChI is InChI=1S/C18H23N3O4S/c22-17-8-5-14-13-15(6-7-16(14)20-17)26(24,25)19-10-9-18(23)21-11-3-1-2-4-12-21/h5-8,13,19H,1-4,9-12H2,(H,20,22). The molecule has 7 nitrogen and oxygen atoms in total. The van der Waals surface area contributed by atoms with Gasteiger partial charge >= 0.3 is 0 Å². The van der Waals surface area contributed by atoms with Crippen molar-refractivity contribution in [1.29, 1.82) is 0 Å². The van der Waals surface area contributed by atoms with Crippen LogP contribution in [0, 0.1) is 0 Å². The van der Waals surface area contributed by atoms with Gasteiger partial charge in [0.2, 0.25) is 21.5 Å². The highest BCUT2D eigenvalue weighted by atomic mass is 32.2. The Morgan fingerprint density at radius 3 is 2.54 bits per heavy atom. The van der Waals surface area contributed by atoms with Crippen molar-refractivity contribution in [2.45, 2.75) is 37.0 Å². The van der Waals surface area contributed by atoms with Gasteiger partial charge in [0.25, 0.3) is 0 Å². The molecule has 3 rings (SSSR count). The van der Waals surface area contributed by atoms with E-state index in [0.717, 1.165) is 38.8 Å². The highest BCUT2D eigenvalue weighted by Crippen LogP contribution is 2.16. The van der Waals surface area contributed by atoms with Crippen molar-refractivity contribution < 1.29 is 13.2 Å². The second kappa shape index (κ2) is 8.01. The zero-order valence-electron chi connectivity index (χ0n) is 14.5. The molecule has 1 aromatic heterocycles. The first-order valence-electron chi connectivity index (χ1n) is 8.86. The van der Waals surface area contributed by atoms with E-state index in [0.29, 0.717) is 10.9 Å². The molecule has 1 aromatic carbocycles. The lowest BCUT2D eigenvalue weighted by Crippen LogP contribution is -2.35. The number of benzene rings is 1. The van der Waals surface area contributed by atoms with Crippen LogP contribution in [0.15, 0.2) is 40.0 Å². The van der Waals surface area contributed by atoms with Gasteiger partial charge in [-0.05, 0) is 42.5 Å². The molecule has 1 fully saturated rings. The predicted molar refractivity (Wildman–Crippen MR) is 99.4 cm³/mol. The van der Waals surface area contributed by atoms with Crippen LogP contribution in [-0.4, -0.2) is 43.8 Å². The van der Waals surface area contributed by atoms with Crippen LogP contribution in [0.4, 0.5) is 0 Å². The molecule has 2 N–H and O–H groups in total. The minimum atomic E-state index is -3.71. The zero-order chi connectivity index (χ0) is 18.6. The number of carbonyl (C=O) groups is 1. The van der Waals surface area contributed by atoms with Crippen LogP contribution in [0.25, 0.3) is 10.9 Å². The van der Waals surface area contributed by atoms with E-state index < -0.39 is 10.0 Å². The molecular weight excluding hydrogens is 354 g/mol. The highest BCUT2D eigenvalue weighted by Gasteiger charge is 2.18. The average molecular weight is 377 g/mol. The Morgan fingerprint density at radius 2 is 1.81 bits per heavy atom. The summed E-state index contributed by atoms with van der Waals surface area (Å²) < 4.78 is 27.4. The number of nitrogens with zero attached hydrogens (tertiary/aromatic N) is 1. The van der Waals surface area contributed by atoms with Crippen LogP contribution in [0.1, 0.15) is 32.1 Å². The molecule has 0 saturated carbocycles. The molecule has 1 amide bonds. The Kier molecular flexibility index (Phi) is 5.73. The van der Waals surface area contributed by atoms with Gasteiger partial charge in [0.15, 0.2) is 0 Å². The lowest BCUT2D eigenvalue weighted by Gasteiger charge is -2.20. The van der Waals surface area contributed by atoms with E-state index in [2.05, 4.69) is 9.71 Å². The number of rotatable bonds is 5. The molecule has 0 radical (unpaired) electrons. The first-order chi connectivity index (χ1) is 12.5. The zero-order valence-corrected chi connectivity index (χ0v) is 15.3. The fraction of sp³-hybridized carbons (Fsp3) is 0.444. The maximum absolute atomic E-state index is 12.4. The smallest absolute Gasteiger partial charge is 0.248 e. The number of aromatic amines is 1. The SMILES string of the molecule is O=C(CCNS(=O)(=O)c1ccc2[nH]c(=O)ccc2c1)N1CCCCCC1. The first kappa shape index (κ1) is 18.6. The van der Waals surface area contributed by atoms with Gasteiger partial charge < -0.3 is 9.88 Å². The van der Waals surface area contributed by atoms with Gasteiger partial charge in [0.05, 0.1) is 4.90 Å². The molecule has 140 valence electrons.